The third-order valence-corrected chi connectivity index (χ3v) is 24.9. The lowest BCUT2D eigenvalue weighted by Crippen LogP contribution is -2.19. The van der Waals surface area contributed by atoms with Gasteiger partial charge in [-0.2, -0.15) is 0 Å². The summed E-state index contributed by atoms with van der Waals surface area (Å²) in [7, 11) is 0. The van der Waals surface area contributed by atoms with Crippen molar-refractivity contribution in [3.05, 3.63) is 176 Å². The number of ether oxygens (including phenoxy) is 12. The lowest BCUT2D eigenvalue weighted by molar-refractivity contribution is -0.147. The fraction of sp³-hybridized carbons (Fsp3) is 0.632. The summed E-state index contributed by atoms with van der Waals surface area (Å²) in [5, 5.41) is 0. The molecule has 0 unspecified atom stereocenters. The van der Waals surface area contributed by atoms with E-state index in [9.17, 15) is 28.8 Å². The summed E-state index contributed by atoms with van der Waals surface area (Å²) in [6, 6.07) is 35.4. The average molecular weight is 1830 g/mol. The number of benzene rings is 6. The summed E-state index contributed by atoms with van der Waals surface area (Å²) in [5.74, 6) is -0.519. The number of carbonyl (C=O) groups excluding carboxylic acids is 6. The standard InChI is InChI=1S/C114H168O18/c1-7-13-19-25-31-37-43-49-73-121-103(115)85-127-109-91-61-55-62-92(109)80-94-64-57-66-96(111(94)129-87-105(117)123-75-51-45-39-33-27-21-15-9-3)82-98-68-59-70-100(113(98)131-89-107(119)125-77-53-47-41-35-29-23-17-11-5)84-102-72-60-71-101(114(102)132-90-108(120)126-78-54-48-42-36-30-24-18-12-6)83-99-69-58-67-97(112(99)130-88-106(118)124-76-52-46-40-34-28-22-16-10-4)81-95-65-56-63-93(79-91)110(95)128-86-104(116)122-74-50-44-38-32-26-20-14-8-2/h55-72H,7-54,73-90H2,1-6H3. The quantitative estimate of drug-likeness (QED) is 0.0197. The summed E-state index contributed by atoms with van der Waals surface area (Å²) in [4.78, 5) is 84.9. The van der Waals surface area contributed by atoms with Crippen molar-refractivity contribution in [1.82, 2.24) is 0 Å². The molecule has 0 amide bonds. The van der Waals surface area contributed by atoms with Crippen molar-refractivity contribution in [1.29, 1.82) is 0 Å². The first-order valence-corrected chi connectivity index (χ1v) is 52.2. The summed E-state index contributed by atoms with van der Waals surface area (Å²) in [5.41, 5.74) is 8.37. The smallest absolute Gasteiger partial charge is 0.344 e. The number of esters is 6. The Labute approximate surface area is 795 Å². The Morgan fingerprint density at radius 1 is 0.167 bits per heavy atom. The summed E-state index contributed by atoms with van der Waals surface area (Å²) in [6.45, 7) is 12.5. The first-order valence-electron chi connectivity index (χ1n) is 52.2. The van der Waals surface area contributed by atoms with E-state index in [-0.39, 0.29) is 78.2 Å². The molecule has 132 heavy (non-hydrogen) atoms. The molecule has 0 radical (unpaired) electrons. The molecule has 0 atom stereocenters. The predicted octanol–water partition coefficient (Wildman–Crippen LogP) is 27.9. The zero-order chi connectivity index (χ0) is 93.7. The molecule has 1 aliphatic carbocycles. The second kappa shape index (κ2) is 70.6. The third kappa shape index (κ3) is 45.8. The molecule has 0 aliphatic heterocycles. The molecule has 0 spiro atoms. The van der Waals surface area contributed by atoms with Crippen LogP contribution in [0.2, 0.25) is 0 Å². The minimum absolute atomic E-state index is 0.187. The van der Waals surface area contributed by atoms with Gasteiger partial charge >= 0.3 is 35.8 Å². The van der Waals surface area contributed by atoms with E-state index in [0.29, 0.717) is 101 Å². The van der Waals surface area contributed by atoms with Gasteiger partial charge in [-0.3, -0.25) is 0 Å². The number of carbonyl (C=O) groups is 6. The van der Waals surface area contributed by atoms with E-state index in [1.165, 1.54) is 154 Å². The van der Waals surface area contributed by atoms with Crippen LogP contribution in [0.25, 0.3) is 0 Å². The molecule has 6 aromatic carbocycles. The van der Waals surface area contributed by atoms with Crippen LogP contribution < -0.4 is 28.4 Å². The van der Waals surface area contributed by atoms with Gasteiger partial charge in [0, 0.05) is 38.5 Å². The molecule has 18 nitrogen and oxygen atoms in total. The molecule has 0 saturated carbocycles. The third-order valence-electron chi connectivity index (χ3n) is 24.9. The average Bonchev–Trinajstić information content (AvgIpc) is 0.790. The van der Waals surface area contributed by atoms with Gasteiger partial charge in [-0.1, -0.05) is 420 Å². The Kier molecular flexibility index (Phi) is 58.8. The Morgan fingerprint density at radius 3 is 0.386 bits per heavy atom. The fourth-order valence-electron chi connectivity index (χ4n) is 17.4. The van der Waals surface area contributed by atoms with Gasteiger partial charge in [0.25, 0.3) is 0 Å². The number of fused-ring (bicyclic) bond motifs is 12. The molecule has 7 rings (SSSR count). The van der Waals surface area contributed by atoms with Crippen molar-refractivity contribution in [2.45, 2.75) is 388 Å². The first kappa shape index (κ1) is 110. The monoisotopic (exact) mass is 1830 g/mol. The largest absolute Gasteiger partial charge is 0.481 e. The van der Waals surface area contributed by atoms with Crippen molar-refractivity contribution < 1.29 is 85.6 Å². The van der Waals surface area contributed by atoms with E-state index >= 15 is 0 Å². The number of rotatable bonds is 72. The Hall–Kier alpha value is -9.06. The van der Waals surface area contributed by atoms with Crippen LogP contribution in [0.3, 0.4) is 0 Å². The molecule has 0 saturated heterocycles. The molecule has 18 heteroatoms. The molecular formula is C114H168O18. The Balaban J connectivity index is 1.40. The lowest BCUT2D eigenvalue weighted by Gasteiger charge is -2.22. The van der Waals surface area contributed by atoms with Crippen molar-refractivity contribution in [2.75, 3.05) is 79.3 Å². The Morgan fingerprint density at radius 2 is 0.273 bits per heavy atom. The fourth-order valence-corrected chi connectivity index (χ4v) is 17.4. The van der Waals surface area contributed by atoms with Crippen molar-refractivity contribution in [3.63, 3.8) is 0 Å². The first-order chi connectivity index (χ1) is 64.9. The maximum atomic E-state index is 14.2. The van der Waals surface area contributed by atoms with E-state index in [1.54, 1.807) is 0 Å². The van der Waals surface area contributed by atoms with Crippen LogP contribution in [-0.4, -0.2) is 115 Å². The summed E-state index contributed by atoms with van der Waals surface area (Å²) < 4.78 is 76.9. The normalized spacial score (nSPS) is 11.9. The highest BCUT2D eigenvalue weighted by molar-refractivity contribution is 5.74. The van der Waals surface area contributed by atoms with Crippen LogP contribution in [0.4, 0.5) is 0 Å². The number of hydrogen-bond acceptors (Lipinski definition) is 18. The molecule has 0 heterocycles. The van der Waals surface area contributed by atoms with Crippen LogP contribution in [0.15, 0.2) is 109 Å². The van der Waals surface area contributed by atoms with Gasteiger partial charge in [0.15, 0.2) is 39.6 Å². The van der Waals surface area contributed by atoms with Crippen LogP contribution in [0.5, 0.6) is 34.5 Å². The van der Waals surface area contributed by atoms with E-state index in [1.807, 2.05) is 109 Å². The topological polar surface area (TPSA) is 213 Å². The number of para-hydroxylation sites is 6. The van der Waals surface area contributed by atoms with Crippen molar-refractivity contribution >= 4 is 35.8 Å². The van der Waals surface area contributed by atoms with Gasteiger partial charge < -0.3 is 56.8 Å². The summed E-state index contributed by atoms with van der Waals surface area (Å²) >= 11 is 0. The number of unbranched alkanes of at least 4 members (excludes halogenated alkanes) is 42. The SMILES string of the molecule is CCCCCCCCCCOC(=O)COc1c2cccc1Cc1cccc(c1OCC(=O)OCCCCCCCCCC)Cc1cccc(c1OCC(=O)OCCCCCCCCCC)Cc1cccc(c1OCC(=O)OCCCCCCCCCC)Cc1cccc(c1OCC(=O)OCCCCCCCCCC)Cc1cccc(c1OCC(=O)OCCCCCCCCCC)C2. The van der Waals surface area contributed by atoms with Crippen molar-refractivity contribution in [3.8, 4) is 34.5 Å². The second-order valence-electron chi connectivity index (χ2n) is 36.4. The molecule has 732 valence electrons. The van der Waals surface area contributed by atoms with E-state index < -0.39 is 75.5 Å². The minimum atomic E-state index is -0.513. The molecule has 1 aliphatic rings. The van der Waals surface area contributed by atoms with Crippen LogP contribution >= 0.6 is 0 Å². The highest BCUT2D eigenvalue weighted by Crippen LogP contribution is 2.41. The zero-order valence-electron chi connectivity index (χ0n) is 82.4. The molecule has 0 aromatic heterocycles. The molecule has 6 aromatic rings. The molecular weight excluding hydrogens is 1660 g/mol. The second-order valence-corrected chi connectivity index (χ2v) is 36.4. The maximum absolute atomic E-state index is 14.2. The predicted molar refractivity (Wildman–Crippen MR) is 530 cm³/mol. The van der Waals surface area contributed by atoms with Gasteiger partial charge in [-0.25, -0.2) is 28.8 Å². The highest BCUT2D eigenvalue weighted by Gasteiger charge is 2.27. The maximum Gasteiger partial charge on any atom is 0.344 e. The van der Waals surface area contributed by atoms with Crippen molar-refractivity contribution in [2.24, 2.45) is 0 Å². The molecule has 0 N–H and O–H groups in total. The lowest BCUT2D eigenvalue weighted by atomic mass is 9.91. The van der Waals surface area contributed by atoms with Gasteiger partial charge in [0.2, 0.25) is 0 Å². The van der Waals surface area contributed by atoms with Crippen LogP contribution in [-0.2, 0) is 95.7 Å². The minimum Gasteiger partial charge on any atom is -0.481 e. The van der Waals surface area contributed by atoms with E-state index in [4.69, 9.17) is 56.8 Å². The van der Waals surface area contributed by atoms with E-state index in [2.05, 4.69) is 41.5 Å². The van der Waals surface area contributed by atoms with Gasteiger partial charge in [-0.15, -0.1) is 0 Å². The number of hydrogen-bond donors (Lipinski definition) is 0. The van der Waals surface area contributed by atoms with Gasteiger partial charge in [-0.05, 0) is 105 Å². The van der Waals surface area contributed by atoms with Gasteiger partial charge in [0.05, 0.1) is 39.6 Å². The van der Waals surface area contributed by atoms with Gasteiger partial charge in [0.1, 0.15) is 34.5 Å². The van der Waals surface area contributed by atoms with E-state index in [0.717, 1.165) is 154 Å². The van der Waals surface area contributed by atoms with Crippen LogP contribution in [0, 0.1) is 0 Å². The molecule has 12 bridgehead atoms. The Bertz CT molecular complexity index is 3360. The zero-order valence-corrected chi connectivity index (χ0v) is 82.4. The van der Waals surface area contributed by atoms with Crippen LogP contribution in [0.1, 0.15) is 417 Å². The highest BCUT2D eigenvalue weighted by atomic mass is 16.6. The summed E-state index contributed by atoms with van der Waals surface area (Å²) in [6.07, 6.45) is 53.4. The molecule has 0 fully saturated rings.